The van der Waals surface area contributed by atoms with Crippen molar-refractivity contribution in [2.45, 2.75) is 13.1 Å². The molecule has 9 heteroatoms. The van der Waals surface area contributed by atoms with Crippen molar-refractivity contribution in [2.24, 2.45) is 0 Å². The number of nitrogens with zero attached hydrogens (tertiary/aromatic N) is 5. The van der Waals surface area contributed by atoms with Gasteiger partial charge in [-0.05, 0) is 54.1 Å². The molecule has 2 amide bonds. The Labute approximate surface area is 201 Å². The van der Waals surface area contributed by atoms with Gasteiger partial charge in [0.05, 0.1) is 18.6 Å². The van der Waals surface area contributed by atoms with E-state index in [4.69, 9.17) is 11.6 Å². The number of piperazine rings is 1. The van der Waals surface area contributed by atoms with Crippen LogP contribution in [0.1, 0.15) is 5.56 Å². The first-order chi connectivity index (χ1) is 16.6. The summed E-state index contributed by atoms with van der Waals surface area (Å²) in [6.45, 7) is 2.10. The number of nitrogens with one attached hydrogen (secondary N) is 1. The number of carbonyl (C=O) groups is 2. The average molecular weight is 475 g/mol. The lowest BCUT2D eigenvalue weighted by molar-refractivity contribution is -0.120. The molecule has 5 rings (SSSR count). The number of hydrogen-bond acceptors (Lipinski definition) is 5. The van der Waals surface area contributed by atoms with Crippen LogP contribution in [0.5, 0.6) is 0 Å². The molecule has 0 aliphatic carbocycles. The molecule has 1 saturated heterocycles. The number of rotatable bonds is 6. The molecular formula is C25H23ClN6O2. The van der Waals surface area contributed by atoms with Gasteiger partial charge in [0.15, 0.2) is 0 Å². The first-order valence-corrected chi connectivity index (χ1v) is 11.4. The van der Waals surface area contributed by atoms with Crippen molar-refractivity contribution in [2.75, 3.05) is 29.4 Å². The molecule has 0 spiro atoms. The molecule has 172 valence electrons. The van der Waals surface area contributed by atoms with Crippen molar-refractivity contribution in [3.05, 3.63) is 83.4 Å². The average Bonchev–Trinajstić information content (AvgIpc) is 3.25. The van der Waals surface area contributed by atoms with Gasteiger partial charge >= 0.3 is 0 Å². The van der Waals surface area contributed by atoms with Crippen LogP contribution < -0.4 is 15.1 Å². The Balaban J connectivity index is 1.42. The normalized spacial score (nSPS) is 13.7. The van der Waals surface area contributed by atoms with Crippen LogP contribution in [0.2, 0.25) is 5.02 Å². The van der Waals surface area contributed by atoms with E-state index in [2.05, 4.69) is 15.6 Å². The van der Waals surface area contributed by atoms with Gasteiger partial charge in [-0.3, -0.25) is 9.59 Å². The second-order valence-electron chi connectivity index (χ2n) is 8.13. The van der Waals surface area contributed by atoms with Gasteiger partial charge in [0.25, 0.3) is 0 Å². The van der Waals surface area contributed by atoms with E-state index in [0.717, 1.165) is 34.5 Å². The minimum Gasteiger partial charge on any atom is -0.360 e. The van der Waals surface area contributed by atoms with Gasteiger partial charge in [0.2, 0.25) is 11.8 Å². The summed E-state index contributed by atoms with van der Waals surface area (Å²) in [5, 5.41) is 11.8. The highest BCUT2D eigenvalue weighted by molar-refractivity contribution is 6.30. The van der Waals surface area contributed by atoms with Crippen LogP contribution in [0.3, 0.4) is 0 Å². The fourth-order valence-electron chi connectivity index (χ4n) is 4.09. The molecule has 34 heavy (non-hydrogen) atoms. The Kier molecular flexibility index (Phi) is 6.14. The van der Waals surface area contributed by atoms with Crippen LogP contribution in [-0.4, -0.2) is 46.4 Å². The van der Waals surface area contributed by atoms with Crippen molar-refractivity contribution in [1.82, 2.24) is 20.3 Å². The Bertz CT molecular complexity index is 1340. The molecule has 0 radical (unpaired) electrons. The first kappa shape index (κ1) is 21.9. The Morgan fingerprint density at radius 2 is 1.88 bits per heavy atom. The predicted molar refractivity (Wildman–Crippen MR) is 132 cm³/mol. The zero-order chi connectivity index (χ0) is 23.5. The van der Waals surface area contributed by atoms with Gasteiger partial charge in [-0.1, -0.05) is 41.1 Å². The second-order valence-corrected chi connectivity index (χ2v) is 8.57. The Morgan fingerprint density at radius 1 is 1.06 bits per heavy atom. The summed E-state index contributed by atoms with van der Waals surface area (Å²) in [5.74, 6) is -0.117. The van der Waals surface area contributed by atoms with E-state index in [-0.39, 0.29) is 18.4 Å². The van der Waals surface area contributed by atoms with Crippen LogP contribution in [0.15, 0.2) is 72.8 Å². The third kappa shape index (κ3) is 4.72. The maximum Gasteiger partial charge on any atom is 0.249 e. The highest BCUT2D eigenvalue weighted by Crippen LogP contribution is 2.24. The molecule has 4 aromatic rings. The summed E-state index contributed by atoms with van der Waals surface area (Å²) < 4.78 is 1.61. The van der Waals surface area contributed by atoms with E-state index in [0.29, 0.717) is 24.7 Å². The van der Waals surface area contributed by atoms with Crippen LogP contribution >= 0.6 is 11.6 Å². The topological polar surface area (TPSA) is 83.4 Å². The fraction of sp³-hybridized carbons (Fsp3) is 0.200. The summed E-state index contributed by atoms with van der Waals surface area (Å²) in [6.07, 6.45) is 0. The third-order valence-corrected chi connectivity index (χ3v) is 6.04. The highest BCUT2D eigenvalue weighted by atomic mass is 35.5. The van der Waals surface area contributed by atoms with Crippen molar-refractivity contribution in [3.63, 3.8) is 0 Å². The standard InChI is InChI=1S/C25H23ClN6O2/c26-19-5-3-4-18(14-19)15-31(25(34)17-32-23-7-2-1-6-22(23)28-29-32)21-10-8-20(9-11-21)30-13-12-27-24(33)16-30/h1-11,14H,12-13,15-17H2,(H,27,33). The molecule has 3 aromatic carbocycles. The highest BCUT2D eigenvalue weighted by Gasteiger charge is 2.21. The minimum atomic E-state index is -0.124. The molecule has 1 N–H and O–H groups in total. The number of benzene rings is 3. The zero-order valence-electron chi connectivity index (χ0n) is 18.4. The maximum absolute atomic E-state index is 13.5. The predicted octanol–water partition coefficient (Wildman–Crippen LogP) is 3.25. The maximum atomic E-state index is 13.5. The molecule has 1 aliphatic heterocycles. The molecule has 1 fully saturated rings. The Hall–Kier alpha value is -3.91. The van der Waals surface area contributed by atoms with Crippen LogP contribution in [-0.2, 0) is 22.7 Å². The number of amides is 2. The van der Waals surface area contributed by atoms with E-state index in [1.165, 1.54) is 0 Å². The summed E-state index contributed by atoms with van der Waals surface area (Å²) in [7, 11) is 0. The van der Waals surface area contributed by atoms with Crippen LogP contribution in [0.4, 0.5) is 11.4 Å². The van der Waals surface area contributed by atoms with Gasteiger partial charge < -0.3 is 15.1 Å². The largest absolute Gasteiger partial charge is 0.360 e. The number of fused-ring (bicyclic) bond motifs is 1. The quantitative estimate of drug-likeness (QED) is 0.464. The number of carbonyl (C=O) groups excluding carboxylic acids is 2. The van der Waals surface area contributed by atoms with Crippen LogP contribution in [0.25, 0.3) is 11.0 Å². The summed E-state index contributed by atoms with van der Waals surface area (Å²) in [6, 6.07) is 22.7. The van der Waals surface area contributed by atoms with E-state index in [1.807, 2.05) is 77.7 Å². The molecule has 0 bridgehead atoms. The lowest BCUT2D eigenvalue weighted by Crippen LogP contribution is -2.47. The lowest BCUT2D eigenvalue weighted by Gasteiger charge is -2.29. The zero-order valence-corrected chi connectivity index (χ0v) is 19.2. The number of aromatic nitrogens is 3. The number of anilines is 2. The molecule has 0 unspecified atom stereocenters. The van der Waals surface area contributed by atoms with Crippen molar-refractivity contribution >= 4 is 45.8 Å². The van der Waals surface area contributed by atoms with E-state index in [1.54, 1.807) is 9.58 Å². The van der Waals surface area contributed by atoms with Gasteiger partial charge in [-0.15, -0.1) is 5.10 Å². The molecule has 0 atom stereocenters. The van der Waals surface area contributed by atoms with Crippen molar-refractivity contribution in [1.29, 1.82) is 0 Å². The van der Waals surface area contributed by atoms with E-state index >= 15 is 0 Å². The molecule has 1 aromatic heterocycles. The van der Waals surface area contributed by atoms with E-state index < -0.39 is 0 Å². The SMILES string of the molecule is O=C1CN(c2ccc(N(Cc3cccc(Cl)c3)C(=O)Cn3nnc4ccccc43)cc2)CCN1. The van der Waals surface area contributed by atoms with Crippen LogP contribution in [0, 0.1) is 0 Å². The smallest absolute Gasteiger partial charge is 0.249 e. The monoisotopic (exact) mass is 474 g/mol. The van der Waals surface area contributed by atoms with Gasteiger partial charge in [-0.2, -0.15) is 0 Å². The summed E-state index contributed by atoms with van der Waals surface area (Å²) in [4.78, 5) is 29.0. The first-order valence-electron chi connectivity index (χ1n) is 11.0. The fourth-order valence-corrected chi connectivity index (χ4v) is 4.30. The molecule has 2 heterocycles. The molecule has 1 aliphatic rings. The second kappa shape index (κ2) is 9.52. The molecule has 0 saturated carbocycles. The molecule has 8 nitrogen and oxygen atoms in total. The number of halogens is 1. The summed E-state index contributed by atoms with van der Waals surface area (Å²) in [5.41, 5.74) is 4.15. The van der Waals surface area contributed by atoms with Gasteiger partial charge in [0.1, 0.15) is 12.1 Å². The van der Waals surface area contributed by atoms with E-state index in [9.17, 15) is 9.59 Å². The number of hydrogen-bond donors (Lipinski definition) is 1. The minimum absolute atomic E-state index is 0.00754. The lowest BCUT2D eigenvalue weighted by atomic mass is 10.1. The van der Waals surface area contributed by atoms with Crippen molar-refractivity contribution < 1.29 is 9.59 Å². The number of para-hydroxylation sites is 1. The van der Waals surface area contributed by atoms with Gasteiger partial charge in [-0.25, -0.2) is 4.68 Å². The summed E-state index contributed by atoms with van der Waals surface area (Å²) >= 11 is 6.19. The van der Waals surface area contributed by atoms with Crippen molar-refractivity contribution in [3.8, 4) is 0 Å². The third-order valence-electron chi connectivity index (χ3n) is 5.80. The van der Waals surface area contributed by atoms with Gasteiger partial charge in [0, 0.05) is 29.5 Å². The molecular weight excluding hydrogens is 452 g/mol. The Morgan fingerprint density at radius 3 is 2.68 bits per heavy atom.